The maximum absolute atomic E-state index is 14.3. The fraction of sp³-hybridized carbons (Fsp3) is 0.0500. The molecule has 148 valence electrons. The number of rotatable bonds is 7. The number of benzene rings is 2. The number of pyridine rings is 1. The number of aromatic nitrogens is 1. The van der Waals surface area contributed by atoms with Gasteiger partial charge < -0.3 is 21.1 Å². The quantitative estimate of drug-likeness (QED) is 0.526. The van der Waals surface area contributed by atoms with Crippen molar-refractivity contribution in [2.75, 3.05) is 10.6 Å². The van der Waals surface area contributed by atoms with Crippen molar-refractivity contribution in [1.29, 1.82) is 0 Å². The number of ether oxygens (including phenoxy) is 1. The molecular weight excluding hydrogens is 382 g/mol. The van der Waals surface area contributed by atoms with Crippen LogP contribution >= 0.6 is 0 Å². The zero-order valence-corrected chi connectivity index (χ0v) is 15.0. The molecule has 1 aromatic heterocycles. The van der Waals surface area contributed by atoms with Crippen LogP contribution in [0.5, 0.6) is 11.5 Å². The topological polar surface area (TPSA) is 106 Å². The molecule has 0 unspecified atom stereocenters. The lowest BCUT2D eigenvalue weighted by Crippen LogP contribution is -2.21. The van der Waals surface area contributed by atoms with E-state index < -0.39 is 24.1 Å². The third-order valence-corrected chi connectivity index (χ3v) is 3.63. The summed E-state index contributed by atoms with van der Waals surface area (Å²) >= 11 is 0. The molecule has 3 rings (SSSR count). The van der Waals surface area contributed by atoms with Gasteiger partial charge in [0.15, 0.2) is 11.6 Å². The van der Waals surface area contributed by atoms with Crippen LogP contribution in [-0.4, -0.2) is 16.8 Å². The van der Waals surface area contributed by atoms with E-state index in [-0.39, 0.29) is 17.3 Å². The van der Waals surface area contributed by atoms with Gasteiger partial charge in [0.1, 0.15) is 23.8 Å². The molecule has 3 aromatic rings. The molecule has 0 aliphatic rings. The molecule has 2 aromatic carbocycles. The second-order valence-electron chi connectivity index (χ2n) is 5.95. The number of anilines is 3. The van der Waals surface area contributed by atoms with Crippen molar-refractivity contribution >= 4 is 29.0 Å². The minimum absolute atomic E-state index is 0.0724. The Morgan fingerprint density at radius 2 is 1.72 bits per heavy atom. The molecule has 1 heterocycles. The van der Waals surface area contributed by atoms with Gasteiger partial charge in [-0.05, 0) is 42.5 Å². The van der Waals surface area contributed by atoms with Crippen LogP contribution in [0.25, 0.3) is 0 Å². The average Bonchev–Trinajstić information content (AvgIpc) is 2.65. The monoisotopic (exact) mass is 398 g/mol. The van der Waals surface area contributed by atoms with Gasteiger partial charge in [0, 0.05) is 29.7 Å². The second kappa shape index (κ2) is 8.79. The van der Waals surface area contributed by atoms with E-state index in [0.29, 0.717) is 17.3 Å². The van der Waals surface area contributed by atoms with E-state index in [1.54, 1.807) is 18.2 Å². The van der Waals surface area contributed by atoms with E-state index in [9.17, 15) is 18.4 Å². The van der Waals surface area contributed by atoms with Gasteiger partial charge in [0.05, 0.1) is 0 Å². The summed E-state index contributed by atoms with van der Waals surface area (Å²) in [7, 11) is 0. The lowest BCUT2D eigenvalue weighted by atomic mass is 10.2. The fourth-order valence-corrected chi connectivity index (χ4v) is 2.38. The number of halogens is 2. The minimum atomic E-state index is -0.786. The lowest BCUT2D eigenvalue weighted by Gasteiger charge is -2.11. The number of carbonyl (C=O) groups is 2. The lowest BCUT2D eigenvalue weighted by molar-refractivity contribution is -0.124. The average molecular weight is 398 g/mol. The van der Waals surface area contributed by atoms with Gasteiger partial charge in [0.2, 0.25) is 11.8 Å². The molecule has 0 spiro atoms. The van der Waals surface area contributed by atoms with Crippen molar-refractivity contribution in [2.45, 2.75) is 6.42 Å². The maximum atomic E-state index is 14.3. The highest BCUT2D eigenvalue weighted by atomic mass is 19.1. The highest BCUT2D eigenvalue weighted by molar-refractivity contribution is 6.03. The predicted molar refractivity (Wildman–Crippen MR) is 103 cm³/mol. The van der Waals surface area contributed by atoms with Gasteiger partial charge in [-0.2, -0.15) is 0 Å². The fourth-order valence-electron chi connectivity index (χ4n) is 2.38. The smallest absolute Gasteiger partial charge is 0.233 e. The Morgan fingerprint density at radius 1 is 1.00 bits per heavy atom. The SMILES string of the molecule is NC(=O)CC(=O)Nc1ccc(Oc2ccnc(Nc3ccc(F)cc3)c2)c(F)c1. The van der Waals surface area contributed by atoms with E-state index in [0.717, 1.165) is 6.07 Å². The molecule has 2 amide bonds. The largest absolute Gasteiger partial charge is 0.454 e. The highest BCUT2D eigenvalue weighted by Crippen LogP contribution is 2.28. The first-order chi connectivity index (χ1) is 13.9. The van der Waals surface area contributed by atoms with Gasteiger partial charge in [-0.25, -0.2) is 13.8 Å². The molecule has 0 radical (unpaired) electrons. The molecule has 0 aliphatic heterocycles. The van der Waals surface area contributed by atoms with Gasteiger partial charge in [0.25, 0.3) is 0 Å². The number of primary amides is 1. The summed E-state index contributed by atoms with van der Waals surface area (Å²) in [6, 6.07) is 12.6. The zero-order valence-electron chi connectivity index (χ0n) is 15.0. The van der Waals surface area contributed by atoms with Gasteiger partial charge in [-0.1, -0.05) is 0 Å². The first kappa shape index (κ1) is 19.7. The Bertz CT molecular complexity index is 1040. The molecule has 4 N–H and O–H groups in total. The number of amides is 2. The molecule has 0 aliphatic carbocycles. The van der Waals surface area contributed by atoms with Gasteiger partial charge >= 0.3 is 0 Å². The van der Waals surface area contributed by atoms with E-state index >= 15 is 0 Å². The minimum Gasteiger partial charge on any atom is -0.454 e. The molecule has 9 heteroatoms. The zero-order chi connectivity index (χ0) is 20.8. The van der Waals surface area contributed by atoms with Crippen molar-refractivity contribution in [3.63, 3.8) is 0 Å². The Kier molecular flexibility index (Phi) is 5.98. The molecule has 0 saturated carbocycles. The maximum Gasteiger partial charge on any atom is 0.233 e. The predicted octanol–water partition coefficient (Wildman–Crippen LogP) is 3.71. The van der Waals surface area contributed by atoms with Gasteiger partial charge in [-0.3, -0.25) is 9.59 Å². The molecule has 7 nitrogen and oxygen atoms in total. The number of hydrogen-bond acceptors (Lipinski definition) is 5. The summed E-state index contributed by atoms with van der Waals surface area (Å²) in [5.74, 6) is -1.84. The molecule has 0 saturated heterocycles. The summed E-state index contributed by atoms with van der Waals surface area (Å²) in [4.78, 5) is 26.4. The second-order valence-corrected chi connectivity index (χ2v) is 5.95. The Labute approximate surface area is 164 Å². The normalized spacial score (nSPS) is 10.3. The van der Waals surface area contributed by atoms with Crippen LogP contribution in [-0.2, 0) is 9.59 Å². The van der Waals surface area contributed by atoms with E-state index in [2.05, 4.69) is 15.6 Å². The van der Waals surface area contributed by atoms with Crippen LogP contribution < -0.4 is 21.1 Å². The molecule has 29 heavy (non-hydrogen) atoms. The summed E-state index contributed by atoms with van der Waals surface area (Å²) in [5.41, 5.74) is 5.72. The van der Waals surface area contributed by atoms with Crippen molar-refractivity contribution < 1.29 is 23.1 Å². The number of nitrogens with zero attached hydrogens (tertiary/aromatic N) is 1. The summed E-state index contributed by atoms with van der Waals surface area (Å²) in [6.07, 6.45) is 0.970. The van der Waals surface area contributed by atoms with E-state index in [1.165, 1.54) is 36.5 Å². The van der Waals surface area contributed by atoms with Crippen LogP contribution in [0.4, 0.5) is 26.0 Å². The van der Waals surface area contributed by atoms with Crippen LogP contribution in [0.3, 0.4) is 0 Å². The number of nitrogens with two attached hydrogens (primary N) is 1. The summed E-state index contributed by atoms with van der Waals surface area (Å²) in [5, 5.41) is 5.34. The molecule has 0 fully saturated rings. The molecule has 0 bridgehead atoms. The first-order valence-corrected chi connectivity index (χ1v) is 8.43. The Balaban J connectivity index is 1.68. The Morgan fingerprint density at radius 3 is 2.41 bits per heavy atom. The molecule has 0 atom stereocenters. The number of hydrogen-bond donors (Lipinski definition) is 3. The van der Waals surface area contributed by atoms with Crippen LogP contribution in [0, 0.1) is 11.6 Å². The first-order valence-electron chi connectivity index (χ1n) is 8.43. The van der Waals surface area contributed by atoms with Crippen molar-refractivity contribution in [1.82, 2.24) is 4.98 Å². The van der Waals surface area contributed by atoms with Crippen LogP contribution in [0.15, 0.2) is 60.8 Å². The summed E-state index contributed by atoms with van der Waals surface area (Å²) < 4.78 is 32.8. The van der Waals surface area contributed by atoms with Crippen LogP contribution in [0.2, 0.25) is 0 Å². The summed E-state index contributed by atoms with van der Waals surface area (Å²) in [6.45, 7) is 0. The Hall–Kier alpha value is -4.01. The van der Waals surface area contributed by atoms with Crippen molar-refractivity contribution in [3.8, 4) is 11.5 Å². The third-order valence-electron chi connectivity index (χ3n) is 3.63. The van der Waals surface area contributed by atoms with E-state index in [1.807, 2.05) is 0 Å². The third kappa shape index (κ3) is 5.73. The van der Waals surface area contributed by atoms with Gasteiger partial charge in [-0.15, -0.1) is 0 Å². The van der Waals surface area contributed by atoms with Crippen LogP contribution in [0.1, 0.15) is 6.42 Å². The number of nitrogens with one attached hydrogen (secondary N) is 2. The van der Waals surface area contributed by atoms with E-state index in [4.69, 9.17) is 10.5 Å². The van der Waals surface area contributed by atoms with Crippen molar-refractivity contribution in [3.05, 3.63) is 72.4 Å². The van der Waals surface area contributed by atoms with Crippen molar-refractivity contribution in [2.24, 2.45) is 5.73 Å². The number of carbonyl (C=O) groups excluding carboxylic acids is 2. The highest BCUT2D eigenvalue weighted by Gasteiger charge is 2.10. The standard InChI is InChI=1S/C20H16F2N4O3/c21-12-1-3-13(4-2-12)25-19-10-15(7-8-24-19)29-17-6-5-14(9-16(17)22)26-20(28)11-18(23)27/h1-10H,11H2,(H2,23,27)(H,24,25)(H,26,28). The molecular formula is C20H16F2N4O3.